The molecule has 0 aromatic carbocycles. The Morgan fingerprint density at radius 1 is 1.14 bits per heavy atom. The van der Waals surface area contributed by atoms with Crippen molar-refractivity contribution >= 4 is 0 Å². The predicted octanol–water partition coefficient (Wildman–Crippen LogP) is 5.81. The van der Waals surface area contributed by atoms with Crippen LogP contribution in [0.4, 0.5) is 0 Å². The first kappa shape index (κ1) is 18.2. The summed E-state index contributed by atoms with van der Waals surface area (Å²) in [4.78, 5) is 0. The van der Waals surface area contributed by atoms with Gasteiger partial charge in [0.2, 0.25) is 0 Å². The van der Waals surface area contributed by atoms with Crippen molar-refractivity contribution < 1.29 is 5.11 Å². The van der Waals surface area contributed by atoms with Crippen LogP contribution in [0.3, 0.4) is 0 Å². The smallest absolute Gasteiger partial charge is 0.0625 e. The molecule has 1 rings (SSSR count). The lowest BCUT2D eigenvalue weighted by Crippen LogP contribution is -2.23. The SMILES string of the molecule is CC1=C/CC[C@@](C)(O)CC/C=C(\C)CC[C@@H](C(C)C)\C=C\1. The highest BCUT2D eigenvalue weighted by Crippen LogP contribution is 2.25. The Hall–Kier alpha value is -0.820. The first-order chi connectivity index (χ1) is 9.80. The molecular formula is C20H34O. The first-order valence-electron chi connectivity index (χ1n) is 8.53. The Morgan fingerprint density at radius 3 is 2.38 bits per heavy atom. The Kier molecular flexibility index (Phi) is 7.45. The Morgan fingerprint density at radius 2 is 1.76 bits per heavy atom. The van der Waals surface area contributed by atoms with Crippen LogP contribution >= 0.6 is 0 Å². The van der Waals surface area contributed by atoms with Crippen molar-refractivity contribution in [3.63, 3.8) is 0 Å². The molecule has 0 aliphatic heterocycles. The molecule has 1 N–H and O–H groups in total. The van der Waals surface area contributed by atoms with E-state index in [-0.39, 0.29) is 0 Å². The summed E-state index contributed by atoms with van der Waals surface area (Å²) < 4.78 is 0. The van der Waals surface area contributed by atoms with Crippen molar-refractivity contribution in [3.8, 4) is 0 Å². The highest BCUT2D eigenvalue weighted by Gasteiger charge is 2.18. The van der Waals surface area contributed by atoms with Gasteiger partial charge in [-0.2, -0.15) is 0 Å². The van der Waals surface area contributed by atoms with E-state index in [4.69, 9.17) is 0 Å². The number of hydrogen-bond donors (Lipinski definition) is 1. The zero-order valence-corrected chi connectivity index (χ0v) is 14.7. The van der Waals surface area contributed by atoms with Gasteiger partial charge in [0.1, 0.15) is 0 Å². The van der Waals surface area contributed by atoms with Crippen LogP contribution in [0.2, 0.25) is 0 Å². The van der Waals surface area contributed by atoms with E-state index in [1.54, 1.807) is 0 Å². The van der Waals surface area contributed by atoms with E-state index in [1.807, 2.05) is 6.92 Å². The van der Waals surface area contributed by atoms with E-state index in [0.29, 0.717) is 11.8 Å². The maximum absolute atomic E-state index is 10.4. The van der Waals surface area contributed by atoms with Crippen molar-refractivity contribution in [2.75, 3.05) is 0 Å². The number of hydrogen-bond acceptors (Lipinski definition) is 1. The summed E-state index contributed by atoms with van der Waals surface area (Å²) in [5.41, 5.74) is 2.25. The minimum atomic E-state index is -0.540. The third-order valence-corrected chi connectivity index (χ3v) is 4.66. The van der Waals surface area contributed by atoms with Gasteiger partial charge < -0.3 is 5.11 Å². The van der Waals surface area contributed by atoms with Crippen LogP contribution in [0.5, 0.6) is 0 Å². The Balaban J connectivity index is 2.85. The average molecular weight is 290 g/mol. The van der Waals surface area contributed by atoms with Crippen LogP contribution in [0.15, 0.2) is 35.5 Å². The molecule has 0 saturated carbocycles. The van der Waals surface area contributed by atoms with E-state index in [0.717, 1.165) is 32.1 Å². The normalized spacial score (nSPS) is 36.2. The van der Waals surface area contributed by atoms with Crippen LogP contribution in [0, 0.1) is 11.8 Å². The molecular weight excluding hydrogens is 256 g/mol. The van der Waals surface area contributed by atoms with Gasteiger partial charge in [-0.25, -0.2) is 0 Å². The molecule has 2 atom stereocenters. The van der Waals surface area contributed by atoms with Crippen LogP contribution in [0.25, 0.3) is 0 Å². The van der Waals surface area contributed by atoms with Gasteiger partial charge in [0.05, 0.1) is 5.60 Å². The minimum absolute atomic E-state index is 0.540. The van der Waals surface area contributed by atoms with Gasteiger partial charge >= 0.3 is 0 Å². The molecule has 0 spiro atoms. The molecule has 0 radical (unpaired) electrons. The molecule has 0 saturated heterocycles. The van der Waals surface area contributed by atoms with Crippen molar-refractivity contribution in [2.24, 2.45) is 11.8 Å². The van der Waals surface area contributed by atoms with Crippen LogP contribution < -0.4 is 0 Å². The zero-order chi connectivity index (χ0) is 15.9. The summed E-state index contributed by atoms with van der Waals surface area (Å²) >= 11 is 0. The highest BCUT2D eigenvalue weighted by molar-refractivity contribution is 5.17. The minimum Gasteiger partial charge on any atom is -0.390 e. The van der Waals surface area contributed by atoms with Crippen LogP contribution in [0.1, 0.15) is 73.1 Å². The maximum atomic E-state index is 10.4. The van der Waals surface area contributed by atoms with E-state index in [2.05, 4.69) is 52.0 Å². The van der Waals surface area contributed by atoms with Gasteiger partial charge in [-0.15, -0.1) is 0 Å². The summed E-state index contributed by atoms with van der Waals surface area (Å²) in [7, 11) is 0. The lowest BCUT2D eigenvalue weighted by atomic mass is 9.88. The molecule has 0 fully saturated rings. The predicted molar refractivity (Wildman–Crippen MR) is 93.3 cm³/mol. The molecule has 21 heavy (non-hydrogen) atoms. The van der Waals surface area contributed by atoms with Gasteiger partial charge in [0, 0.05) is 0 Å². The molecule has 1 aliphatic carbocycles. The lowest BCUT2D eigenvalue weighted by Gasteiger charge is -2.22. The van der Waals surface area contributed by atoms with E-state index < -0.39 is 5.60 Å². The third kappa shape index (κ3) is 7.66. The zero-order valence-electron chi connectivity index (χ0n) is 14.7. The van der Waals surface area contributed by atoms with Crippen molar-refractivity contribution in [3.05, 3.63) is 35.5 Å². The summed E-state index contributed by atoms with van der Waals surface area (Å²) in [5, 5.41) is 10.4. The van der Waals surface area contributed by atoms with Gasteiger partial charge in [-0.05, 0) is 71.1 Å². The molecule has 0 aromatic heterocycles. The number of rotatable bonds is 1. The second-order valence-corrected chi connectivity index (χ2v) is 7.38. The third-order valence-electron chi connectivity index (χ3n) is 4.66. The molecule has 0 amide bonds. The second kappa shape index (κ2) is 8.58. The molecule has 1 aliphatic rings. The van der Waals surface area contributed by atoms with Crippen LogP contribution in [-0.4, -0.2) is 10.7 Å². The van der Waals surface area contributed by atoms with Gasteiger partial charge in [-0.3, -0.25) is 0 Å². The van der Waals surface area contributed by atoms with Crippen molar-refractivity contribution in [1.29, 1.82) is 0 Å². The van der Waals surface area contributed by atoms with E-state index in [1.165, 1.54) is 17.6 Å². The molecule has 120 valence electrons. The monoisotopic (exact) mass is 290 g/mol. The van der Waals surface area contributed by atoms with Gasteiger partial charge in [0.25, 0.3) is 0 Å². The summed E-state index contributed by atoms with van der Waals surface area (Å²) in [6, 6.07) is 0. The first-order valence-corrected chi connectivity index (χ1v) is 8.53. The fraction of sp³-hybridized carbons (Fsp3) is 0.700. The topological polar surface area (TPSA) is 20.2 Å². The Bertz CT molecular complexity index is 396. The summed E-state index contributed by atoms with van der Waals surface area (Å²) in [6.45, 7) is 11.0. The average Bonchev–Trinajstić information content (AvgIpc) is 2.36. The standard InChI is InChI=1S/C20H34O/c1-16(2)19-12-10-17(3)8-6-14-20(5,21)15-7-9-18(4)11-13-19/h8-10,12,16,19,21H,6-7,11,13-15H2,1-5H3/b12-10+,17-8-,18-9+/t19-,20+/m0/s1. The molecule has 1 heteroatoms. The molecule has 1 nitrogen and oxygen atoms in total. The fourth-order valence-electron chi connectivity index (χ4n) is 2.86. The van der Waals surface area contributed by atoms with Gasteiger partial charge in [0.15, 0.2) is 0 Å². The largest absolute Gasteiger partial charge is 0.390 e. The second-order valence-electron chi connectivity index (χ2n) is 7.38. The van der Waals surface area contributed by atoms with Crippen molar-refractivity contribution in [2.45, 2.75) is 78.7 Å². The summed E-state index contributed by atoms with van der Waals surface area (Å²) in [6.07, 6.45) is 15.3. The molecule has 0 aromatic rings. The van der Waals surface area contributed by atoms with E-state index in [9.17, 15) is 5.11 Å². The highest BCUT2D eigenvalue weighted by atomic mass is 16.3. The lowest BCUT2D eigenvalue weighted by molar-refractivity contribution is 0.0439. The van der Waals surface area contributed by atoms with E-state index >= 15 is 0 Å². The molecule has 0 heterocycles. The summed E-state index contributed by atoms with van der Waals surface area (Å²) in [5.74, 6) is 1.35. The molecule has 0 unspecified atom stereocenters. The number of allylic oxidation sites excluding steroid dienone is 6. The van der Waals surface area contributed by atoms with Gasteiger partial charge in [-0.1, -0.05) is 49.3 Å². The molecule has 0 bridgehead atoms. The van der Waals surface area contributed by atoms with Crippen molar-refractivity contribution in [1.82, 2.24) is 0 Å². The van der Waals surface area contributed by atoms with Crippen LogP contribution in [-0.2, 0) is 0 Å². The Labute approximate surface area is 131 Å². The quantitative estimate of drug-likeness (QED) is 0.604. The maximum Gasteiger partial charge on any atom is 0.0625 e. The number of aliphatic hydroxyl groups is 1. The fourth-order valence-corrected chi connectivity index (χ4v) is 2.86.